The van der Waals surface area contributed by atoms with E-state index in [1.807, 2.05) is 0 Å². The minimum Gasteiger partial charge on any atom is -0.390 e. The molecule has 1 heteroatoms. The molecule has 0 saturated heterocycles. The first-order valence-electron chi connectivity index (χ1n) is 6.38. The van der Waals surface area contributed by atoms with Crippen LogP contribution < -0.4 is 0 Å². The highest BCUT2D eigenvalue weighted by Gasteiger charge is 2.31. The lowest BCUT2D eigenvalue weighted by Crippen LogP contribution is -2.32. The van der Waals surface area contributed by atoms with Gasteiger partial charge in [0, 0.05) is 0 Å². The third-order valence-corrected chi connectivity index (χ3v) is 4.16. The van der Waals surface area contributed by atoms with Crippen LogP contribution in [0.5, 0.6) is 0 Å². The van der Waals surface area contributed by atoms with E-state index in [2.05, 4.69) is 6.92 Å². The number of hydrogen-bond acceptors (Lipinski definition) is 1. The molecule has 0 amide bonds. The Hall–Kier alpha value is -0.0400. The molecule has 1 nitrogen and oxygen atoms in total. The second kappa shape index (κ2) is 4.22. The first kappa shape index (κ1) is 10.5. The molecule has 2 aliphatic carbocycles. The third-order valence-electron chi connectivity index (χ3n) is 4.16. The lowest BCUT2D eigenvalue weighted by atomic mass is 9.75. The molecule has 82 valence electrons. The van der Waals surface area contributed by atoms with E-state index in [9.17, 15) is 5.11 Å². The highest BCUT2D eigenvalue weighted by molar-refractivity contribution is 4.84. The van der Waals surface area contributed by atoms with Gasteiger partial charge in [-0.15, -0.1) is 0 Å². The number of rotatable bonds is 4. The molecule has 14 heavy (non-hydrogen) atoms. The second-order valence-electron chi connectivity index (χ2n) is 5.85. The third kappa shape index (κ3) is 2.73. The van der Waals surface area contributed by atoms with Gasteiger partial charge in [0.25, 0.3) is 0 Å². The summed E-state index contributed by atoms with van der Waals surface area (Å²) in [4.78, 5) is 0. The Bertz CT molecular complexity index is 176. The van der Waals surface area contributed by atoms with E-state index in [0.717, 1.165) is 24.7 Å². The minimum absolute atomic E-state index is 0.361. The fraction of sp³-hybridized carbons (Fsp3) is 1.00. The molecule has 2 fully saturated rings. The lowest BCUT2D eigenvalue weighted by molar-refractivity contribution is -0.000641. The molecule has 2 rings (SSSR count). The standard InChI is InChI=1S/C13H24O/c1-13(14,10-12-7-4-8-12)9-11-5-2-3-6-11/h11-12,14H,2-10H2,1H3. The molecule has 0 bridgehead atoms. The molecule has 0 aliphatic heterocycles. The van der Waals surface area contributed by atoms with Crippen molar-refractivity contribution >= 4 is 0 Å². The minimum atomic E-state index is -0.361. The Morgan fingerprint density at radius 2 is 1.36 bits per heavy atom. The summed E-state index contributed by atoms with van der Waals surface area (Å²) in [5.41, 5.74) is -0.361. The van der Waals surface area contributed by atoms with Crippen molar-refractivity contribution in [1.82, 2.24) is 0 Å². The smallest absolute Gasteiger partial charge is 0.0625 e. The molecule has 0 aromatic carbocycles. The van der Waals surface area contributed by atoms with Crippen LogP contribution in [-0.4, -0.2) is 10.7 Å². The van der Waals surface area contributed by atoms with Gasteiger partial charge >= 0.3 is 0 Å². The van der Waals surface area contributed by atoms with Crippen molar-refractivity contribution in [2.75, 3.05) is 0 Å². The molecule has 0 aromatic rings. The van der Waals surface area contributed by atoms with Gasteiger partial charge in [0.15, 0.2) is 0 Å². The van der Waals surface area contributed by atoms with Crippen LogP contribution in [0.2, 0.25) is 0 Å². The maximum Gasteiger partial charge on any atom is 0.0625 e. The van der Waals surface area contributed by atoms with Crippen LogP contribution in [0.4, 0.5) is 0 Å². The molecule has 0 aromatic heterocycles. The van der Waals surface area contributed by atoms with Crippen LogP contribution in [-0.2, 0) is 0 Å². The van der Waals surface area contributed by atoms with E-state index < -0.39 is 0 Å². The first-order valence-corrected chi connectivity index (χ1v) is 6.38. The predicted octanol–water partition coefficient (Wildman–Crippen LogP) is 3.51. The summed E-state index contributed by atoms with van der Waals surface area (Å²) in [7, 11) is 0. The van der Waals surface area contributed by atoms with Gasteiger partial charge in [-0.05, 0) is 31.6 Å². The molecule has 1 atom stereocenters. The number of hydrogen-bond donors (Lipinski definition) is 1. The molecule has 2 saturated carbocycles. The van der Waals surface area contributed by atoms with E-state index >= 15 is 0 Å². The Kier molecular flexibility index (Phi) is 3.16. The monoisotopic (exact) mass is 196 g/mol. The van der Waals surface area contributed by atoms with Crippen LogP contribution in [0, 0.1) is 11.8 Å². The van der Waals surface area contributed by atoms with Crippen LogP contribution in [0.3, 0.4) is 0 Å². The first-order chi connectivity index (χ1) is 6.66. The zero-order valence-corrected chi connectivity index (χ0v) is 9.47. The number of aliphatic hydroxyl groups is 1. The predicted molar refractivity (Wildman–Crippen MR) is 59.2 cm³/mol. The summed E-state index contributed by atoms with van der Waals surface area (Å²) in [5, 5.41) is 10.3. The SMILES string of the molecule is CC(O)(CC1CCCC1)CC1CCC1. The molecule has 1 N–H and O–H groups in total. The average molecular weight is 196 g/mol. The Morgan fingerprint density at radius 3 is 1.71 bits per heavy atom. The molecule has 0 spiro atoms. The van der Waals surface area contributed by atoms with Gasteiger partial charge in [-0.2, -0.15) is 0 Å². The fourth-order valence-corrected chi connectivity index (χ4v) is 3.24. The topological polar surface area (TPSA) is 20.2 Å². The van der Waals surface area contributed by atoms with Crippen molar-refractivity contribution in [2.24, 2.45) is 11.8 Å². The van der Waals surface area contributed by atoms with E-state index in [0.29, 0.717) is 0 Å². The summed E-state index contributed by atoms with van der Waals surface area (Å²) in [6.45, 7) is 2.06. The van der Waals surface area contributed by atoms with Gasteiger partial charge in [-0.1, -0.05) is 44.9 Å². The molecular weight excluding hydrogens is 172 g/mol. The molecular formula is C13H24O. The van der Waals surface area contributed by atoms with Gasteiger partial charge < -0.3 is 5.11 Å². The molecule has 0 radical (unpaired) electrons. The van der Waals surface area contributed by atoms with Gasteiger partial charge in [0.05, 0.1) is 5.60 Å². The molecule has 0 heterocycles. The Morgan fingerprint density at radius 1 is 0.929 bits per heavy atom. The van der Waals surface area contributed by atoms with Crippen LogP contribution in [0.15, 0.2) is 0 Å². The van der Waals surface area contributed by atoms with Crippen molar-refractivity contribution < 1.29 is 5.11 Å². The van der Waals surface area contributed by atoms with Gasteiger partial charge in [-0.25, -0.2) is 0 Å². The van der Waals surface area contributed by atoms with Crippen molar-refractivity contribution in [3.05, 3.63) is 0 Å². The Balaban J connectivity index is 1.74. The largest absolute Gasteiger partial charge is 0.390 e. The maximum atomic E-state index is 10.3. The average Bonchev–Trinajstić information content (AvgIpc) is 2.49. The van der Waals surface area contributed by atoms with Gasteiger partial charge in [-0.3, -0.25) is 0 Å². The fourth-order valence-electron chi connectivity index (χ4n) is 3.24. The summed E-state index contributed by atoms with van der Waals surface area (Å²) >= 11 is 0. The quantitative estimate of drug-likeness (QED) is 0.729. The van der Waals surface area contributed by atoms with Crippen molar-refractivity contribution in [3.8, 4) is 0 Å². The zero-order valence-electron chi connectivity index (χ0n) is 9.47. The highest BCUT2D eigenvalue weighted by Crippen LogP contribution is 2.38. The van der Waals surface area contributed by atoms with Crippen LogP contribution >= 0.6 is 0 Å². The summed E-state index contributed by atoms with van der Waals surface area (Å²) in [6.07, 6.45) is 11.7. The van der Waals surface area contributed by atoms with E-state index in [1.54, 1.807) is 0 Å². The van der Waals surface area contributed by atoms with Crippen molar-refractivity contribution in [2.45, 2.75) is 70.3 Å². The zero-order chi connectivity index (χ0) is 10.0. The van der Waals surface area contributed by atoms with Crippen LogP contribution in [0.1, 0.15) is 64.7 Å². The van der Waals surface area contributed by atoms with E-state index in [1.165, 1.54) is 44.9 Å². The summed E-state index contributed by atoms with van der Waals surface area (Å²) in [6, 6.07) is 0. The van der Waals surface area contributed by atoms with E-state index in [4.69, 9.17) is 0 Å². The van der Waals surface area contributed by atoms with E-state index in [-0.39, 0.29) is 5.60 Å². The molecule has 1 unspecified atom stereocenters. The maximum absolute atomic E-state index is 10.3. The van der Waals surface area contributed by atoms with Gasteiger partial charge in [0.1, 0.15) is 0 Å². The van der Waals surface area contributed by atoms with Crippen molar-refractivity contribution in [1.29, 1.82) is 0 Å². The van der Waals surface area contributed by atoms with Crippen LogP contribution in [0.25, 0.3) is 0 Å². The van der Waals surface area contributed by atoms with Gasteiger partial charge in [0.2, 0.25) is 0 Å². The lowest BCUT2D eigenvalue weighted by Gasteiger charge is -2.34. The normalized spacial score (nSPS) is 28.7. The summed E-state index contributed by atoms with van der Waals surface area (Å²) in [5.74, 6) is 1.66. The van der Waals surface area contributed by atoms with Crippen molar-refractivity contribution in [3.63, 3.8) is 0 Å². The summed E-state index contributed by atoms with van der Waals surface area (Å²) < 4.78 is 0. The second-order valence-corrected chi connectivity index (χ2v) is 5.85. The molecule has 2 aliphatic rings. The Labute approximate surface area is 87.9 Å². The highest BCUT2D eigenvalue weighted by atomic mass is 16.3.